The second-order valence-electron chi connectivity index (χ2n) is 7.97. The van der Waals surface area contributed by atoms with E-state index in [1.165, 1.54) is 16.4 Å². The maximum absolute atomic E-state index is 13.1. The zero-order valence-electron chi connectivity index (χ0n) is 17.4. The minimum atomic E-state index is -3.64. The van der Waals surface area contributed by atoms with Gasteiger partial charge in [0.15, 0.2) is 0 Å². The number of nitrogens with zero attached hydrogens (tertiary/aromatic N) is 2. The van der Waals surface area contributed by atoms with Crippen LogP contribution in [0.15, 0.2) is 53.4 Å². The second kappa shape index (κ2) is 9.20. The molecule has 0 bridgehead atoms. The van der Waals surface area contributed by atoms with Crippen LogP contribution in [0.25, 0.3) is 0 Å². The molecule has 1 N–H and O–H groups in total. The fourth-order valence-corrected chi connectivity index (χ4v) is 5.70. The molecule has 31 heavy (non-hydrogen) atoms. The third-order valence-corrected chi connectivity index (χ3v) is 7.71. The van der Waals surface area contributed by atoms with Gasteiger partial charge in [0.1, 0.15) is 0 Å². The molecular weight excluding hydrogens is 414 g/mol. The number of sulfonamides is 1. The topological polar surface area (TPSA) is 86.8 Å². The minimum absolute atomic E-state index is 0.0345. The van der Waals surface area contributed by atoms with Crippen LogP contribution in [0.2, 0.25) is 0 Å². The quantitative estimate of drug-likeness (QED) is 0.768. The second-order valence-corrected chi connectivity index (χ2v) is 9.90. The molecule has 0 unspecified atom stereocenters. The summed E-state index contributed by atoms with van der Waals surface area (Å²) in [7, 11) is -3.64. The van der Waals surface area contributed by atoms with Crippen LogP contribution < -0.4 is 10.2 Å². The van der Waals surface area contributed by atoms with E-state index in [1.54, 1.807) is 35.2 Å². The van der Waals surface area contributed by atoms with E-state index >= 15 is 0 Å². The Morgan fingerprint density at radius 3 is 2.32 bits per heavy atom. The number of carbonyl (C=O) groups is 2. The summed E-state index contributed by atoms with van der Waals surface area (Å²) < 4.78 is 27.7. The Morgan fingerprint density at radius 1 is 0.871 bits per heavy atom. The van der Waals surface area contributed by atoms with Crippen molar-refractivity contribution in [3.05, 3.63) is 54.1 Å². The van der Waals surface area contributed by atoms with E-state index in [0.29, 0.717) is 37.4 Å². The molecule has 0 radical (unpaired) electrons. The third-order valence-electron chi connectivity index (χ3n) is 5.82. The van der Waals surface area contributed by atoms with Crippen LogP contribution in [0.4, 0.5) is 11.4 Å². The number of anilines is 2. The van der Waals surface area contributed by atoms with Gasteiger partial charge in [0.2, 0.25) is 15.9 Å². The summed E-state index contributed by atoms with van der Waals surface area (Å²) in [6.45, 7) is 1.64. The standard InChI is InChI=1S/C23H27N3O4S/c27-22-13-8-16-26(22)21-12-4-3-11-20(21)24-23(28)18-9-7-10-19(17-18)31(29,30)25-14-5-1-2-6-15-25/h3-4,7,9-12,17H,1-2,5-6,8,13-16H2,(H,24,28). The Hall–Kier alpha value is -2.71. The summed E-state index contributed by atoms with van der Waals surface area (Å²) in [4.78, 5) is 26.9. The number of rotatable bonds is 5. The molecule has 0 atom stereocenters. The number of para-hydroxylation sites is 2. The molecule has 2 saturated heterocycles. The molecule has 4 rings (SSSR count). The summed E-state index contributed by atoms with van der Waals surface area (Å²) in [5, 5.41) is 2.85. The molecule has 0 aliphatic carbocycles. The highest BCUT2D eigenvalue weighted by atomic mass is 32.2. The maximum Gasteiger partial charge on any atom is 0.255 e. The van der Waals surface area contributed by atoms with Gasteiger partial charge in [-0.1, -0.05) is 31.0 Å². The first kappa shape index (κ1) is 21.5. The van der Waals surface area contributed by atoms with Crippen molar-refractivity contribution in [2.45, 2.75) is 43.4 Å². The predicted octanol–water partition coefficient (Wildman–Crippen LogP) is 3.63. The van der Waals surface area contributed by atoms with Crippen LogP contribution in [0, 0.1) is 0 Å². The van der Waals surface area contributed by atoms with E-state index < -0.39 is 15.9 Å². The Kier molecular flexibility index (Phi) is 6.38. The van der Waals surface area contributed by atoms with Crippen molar-refractivity contribution in [2.75, 3.05) is 29.9 Å². The van der Waals surface area contributed by atoms with Crippen molar-refractivity contribution in [1.82, 2.24) is 4.31 Å². The third kappa shape index (κ3) is 4.65. The molecule has 0 saturated carbocycles. The van der Waals surface area contributed by atoms with Crippen molar-refractivity contribution < 1.29 is 18.0 Å². The zero-order chi connectivity index (χ0) is 21.8. The van der Waals surface area contributed by atoms with Gasteiger partial charge < -0.3 is 10.2 Å². The highest BCUT2D eigenvalue weighted by molar-refractivity contribution is 7.89. The van der Waals surface area contributed by atoms with Crippen molar-refractivity contribution in [2.24, 2.45) is 0 Å². The summed E-state index contributed by atoms with van der Waals surface area (Å²) in [6, 6.07) is 13.3. The lowest BCUT2D eigenvalue weighted by molar-refractivity contribution is -0.117. The number of benzene rings is 2. The Labute approximate surface area is 183 Å². The molecule has 2 fully saturated rings. The SMILES string of the molecule is O=C(Nc1ccccc1N1CCCC1=O)c1cccc(S(=O)(=O)N2CCCCCC2)c1. The van der Waals surface area contributed by atoms with E-state index in [0.717, 1.165) is 32.1 Å². The number of hydrogen-bond acceptors (Lipinski definition) is 4. The van der Waals surface area contributed by atoms with Crippen LogP contribution >= 0.6 is 0 Å². The molecule has 2 aliphatic heterocycles. The van der Waals surface area contributed by atoms with E-state index in [2.05, 4.69) is 5.32 Å². The van der Waals surface area contributed by atoms with Gasteiger partial charge in [-0.15, -0.1) is 0 Å². The van der Waals surface area contributed by atoms with Crippen LogP contribution in [-0.2, 0) is 14.8 Å². The van der Waals surface area contributed by atoms with Crippen LogP contribution in [-0.4, -0.2) is 44.2 Å². The first-order valence-electron chi connectivity index (χ1n) is 10.8. The van der Waals surface area contributed by atoms with Crippen molar-refractivity contribution in [3.8, 4) is 0 Å². The Morgan fingerprint density at radius 2 is 1.61 bits per heavy atom. The van der Waals surface area contributed by atoms with Gasteiger partial charge >= 0.3 is 0 Å². The molecule has 8 heteroatoms. The average Bonchev–Trinajstić information content (AvgIpc) is 3.02. The van der Waals surface area contributed by atoms with Gasteiger partial charge in [-0.2, -0.15) is 4.31 Å². The van der Waals surface area contributed by atoms with E-state index in [1.807, 2.05) is 6.07 Å². The fourth-order valence-electron chi connectivity index (χ4n) is 4.14. The molecule has 7 nitrogen and oxygen atoms in total. The molecule has 0 spiro atoms. The number of amides is 2. The first-order valence-corrected chi connectivity index (χ1v) is 12.2. The van der Waals surface area contributed by atoms with Gasteiger partial charge in [-0.3, -0.25) is 9.59 Å². The van der Waals surface area contributed by atoms with Crippen LogP contribution in [0.3, 0.4) is 0 Å². The van der Waals surface area contributed by atoms with Gasteiger partial charge in [-0.05, 0) is 49.6 Å². The van der Waals surface area contributed by atoms with Crippen LogP contribution in [0.1, 0.15) is 48.9 Å². The van der Waals surface area contributed by atoms with Gasteiger partial charge in [0.25, 0.3) is 5.91 Å². The van der Waals surface area contributed by atoms with Crippen molar-refractivity contribution >= 4 is 33.2 Å². The zero-order valence-corrected chi connectivity index (χ0v) is 18.2. The summed E-state index contributed by atoms with van der Waals surface area (Å²) >= 11 is 0. The van der Waals surface area contributed by atoms with Gasteiger partial charge in [0.05, 0.1) is 16.3 Å². The lowest BCUT2D eigenvalue weighted by atomic mass is 10.2. The summed E-state index contributed by atoms with van der Waals surface area (Å²) in [6.07, 6.45) is 5.06. The lowest BCUT2D eigenvalue weighted by Crippen LogP contribution is -2.32. The molecule has 2 heterocycles. The first-order chi connectivity index (χ1) is 15.0. The average molecular weight is 442 g/mol. The summed E-state index contributed by atoms with van der Waals surface area (Å²) in [5.41, 5.74) is 1.45. The van der Waals surface area contributed by atoms with E-state index in [4.69, 9.17) is 0 Å². The summed E-state index contributed by atoms with van der Waals surface area (Å²) in [5.74, 6) is -0.376. The molecular formula is C23H27N3O4S. The maximum atomic E-state index is 13.1. The monoisotopic (exact) mass is 441 g/mol. The highest BCUT2D eigenvalue weighted by Gasteiger charge is 2.27. The Bertz CT molecular complexity index is 1080. The number of carbonyl (C=O) groups excluding carboxylic acids is 2. The van der Waals surface area contributed by atoms with Crippen LogP contribution in [0.5, 0.6) is 0 Å². The molecule has 0 aromatic heterocycles. The molecule has 164 valence electrons. The lowest BCUT2D eigenvalue weighted by Gasteiger charge is -2.21. The fraction of sp³-hybridized carbons (Fsp3) is 0.391. The minimum Gasteiger partial charge on any atom is -0.320 e. The Balaban J connectivity index is 1.56. The molecule has 2 aliphatic rings. The number of nitrogens with one attached hydrogen (secondary N) is 1. The predicted molar refractivity (Wildman–Crippen MR) is 120 cm³/mol. The molecule has 2 aromatic carbocycles. The number of hydrogen-bond donors (Lipinski definition) is 1. The smallest absolute Gasteiger partial charge is 0.255 e. The van der Waals surface area contributed by atoms with Gasteiger partial charge in [-0.25, -0.2) is 8.42 Å². The highest BCUT2D eigenvalue weighted by Crippen LogP contribution is 2.30. The molecule has 2 aromatic rings. The largest absolute Gasteiger partial charge is 0.320 e. The normalized spacial score (nSPS) is 18.1. The van der Waals surface area contributed by atoms with Crippen molar-refractivity contribution in [3.63, 3.8) is 0 Å². The van der Waals surface area contributed by atoms with E-state index in [-0.39, 0.29) is 16.4 Å². The van der Waals surface area contributed by atoms with Crippen molar-refractivity contribution in [1.29, 1.82) is 0 Å². The van der Waals surface area contributed by atoms with E-state index in [9.17, 15) is 18.0 Å². The molecule has 2 amide bonds. The van der Waals surface area contributed by atoms with Gasteiger partial charge in [0, 0.05) is 31.6 Å².